The van der Waals surface area contributed by atoms with Crippen LogP contribution >= 0.6 is 0 Å². The van der Waals surface area contributed by atoms with E-state index in [0.29, 0.717) is 16.6 Å². The molecule has 160 valence electrons. The minimum atomic E-state index is -3.82. The third-order valence-electron chi connectivity index (χ3n) is 4.78. The molecule has 4 aromatic rings. The van der Waals surface area contributed by atoms with Crippen molar-refractivity contribution in [3.8, 4) is 11.1 Å². The van der Waals surface area contributed by atoms with Crippen LogP contribution in [0.5, 0.6) is 0 Å². The lowest BCUT2D eigenvalue weighted by Crippen LogP contribution is -2.17. The lowest BCUT2D eigenvalue weighted by Gasteiger charge is -2.11. The number of fused-ring (bicyclic) bond motifs is 1. The average Bonchev–Trinajstić information content (AvgIpc) is 3.35. The van der Waals surface area contributed by atoms with Gasteiger partial charge >= 0.3 is 0 Å². The van der Waals surface area contributed by atoms with Gasteiger partial charge in [0.1, 0.15) is 11.5 Å². The number of halogens is 2. The fourth-order valence-corrected chi connectivity index (χ4v) is 3.77. The van der Waals surface area contributed by atoms with E-state index in [4.69, 9.17) is 0 Å². The van der Waals surface area contributed by atoms with Gasteiger partial charge in [-0.2, -0.15) is 5.10 Å². The Bertz CT molecular complexity index is 1430. The Balaban J connectivity index is 1.81. The first-order valence-electron chi connectivity index (χ1n) is 9.19. The number of carbonyl (C=O) groups excluding carboxylic acids is 1. The molecule has 0 saturated carbocycles. The lowest BCUT2D eigenvalue weighted by atomic mass is 10.0. The third kappa shape index (κ3) is 3.79. The number of carbonyl (C=O) groups is 1. The molecule has 3 heterocycles. The van der Waals surface area contributed by atoms with Crippen molar-refractivity contribution >= 4 is 32.5 Å². The number of hydrogen-bond acceptors (Lipinski definition) is 5. The number of pyridine rings is 1. The third-order valence-corrected chi connectivity index (χ3v) is 6.07. The number of anilines is 1. The number of aryl methyl sites for hydroxylation is 1. The van der Waals surface area contributed by atoms with Gasteiger partial charge < -0.3 is 4.98 Å². The highest BCUT2D eigenvalue weighted by molar-refractivity contribution is 7.92. The summed E-state index contributed by atoms with van der Waals surface area (Å²) in [7, 11) is -2.06. The van der Waals surface area contributed by atoms with Crippen LogP contribution < -0.4 is 4.72 Å². The highest BCUT2D eigenvalue weighted by Crippen LogP contribution is 2.29. The Morgan fingerprint density at radius 2 is 2.00 bits per heavy atom. The second kappa shape index (κ2) is 7.58. The maximum Gasteiger partial charge on any atom is 0.232 e. The molecule has 0 aliphatic carbocycles. The van der Waals surface area contributed by atoms with Crippen LogP contribution in [0.1, 0.15) is 22.8 Å². The fraction of sp³-hybridized carbons (Fsp3) is 0.150. The van der Waals surface area contributed by atoms with Gasteiger partial charge in [-0.25, -0.2) is 22.2 Å². The van der Waals surface area contributed by atoms with Gasteiger partial charge in [-0.05, 0) is 25.1 Å². The second-order valence-corrected chi connectivity index (χ2v) is 8.85. The Morgan fingerprint density at radius 3 is 2.68 bits per heavy atom. The maximum absolute atomic E-state index is 15.0. The molecule has 0 bridgehead atoms. The van der Waals surface area contributed by atoms with Gasteiger partial charge in [-0.15, -0.1) is 0 Å². The summed E-state index contributed by atoms with van der Waals surface area (Å²) < 4.78 is 56.6. The number of aromatic nitrogens is 4. The Labute approximate surface area is 176 Å². The number of aromatic amines is 1. The van der Waals surface area contributed by atoms with Gasteiger partial charge in [0, 0.05) is 47.7 Å². The SMILES string of the molecule is CCS(=O)(=O)Nc1ccc(F)c(C(=O)c2c[nH]c3ncc(-c4cnn(C)c4)cc23)c1F. The molecule has 0 aliphatic heterocycles. The summed E-state index contributed by atoms with van der Waals surface area (Å²) in [6, 6.07) is 3.45. The minimum absolute atomic E-state index is 0.00142. The Hall–Kier alpha value is -3.60. The van der Waals surface area contributed by atoms with E-state index in [-0.39, 0.29) is 11.3 Å². The van der Waals surface area contributed by atoms with Crippen molar-refractivity contribution in [3.63, 3.8) is 0 Å². The smallest absolute Gasteiger partial charge is 0.232 e. The molecule has 0 aliphatic rings. The molecule has 0 spiro atoms. The van der Waals surface area contributed by atoms with Crippen LogP contribution in [0.4, 0.5) is 14.5 Å². The number of nitrogens with one attached hydrogen (secondary N) is 2. The van der Waals surface area contributed by atoms with E-state index in [0.717, 1.165) is 17.7 Å². The topological polar surface area (TPSA) is 110 Å². The van der Waals surface area contributed by atoms with Crippen LogP contribution in [-0.2, 0) is 17.1 Å². The summed E-state index contributed by atoms with van der Waals surface area (Å²) in [6.07, 6.45) is 6.29. The van der Waals surface area contributed by atoms with E-state index in [9.17, 15) is 22.0 Å². The van der Waals surface area contributed by atoms with Crippen LogP contribution in [-0.4, -0.2) is 39.7 Å². The van der Waals surface area contributed by atoms with Crippen LogP contribution in [0, 0.1) is 11.6 Å². The predicted octanol–water partition coefficient (Wildman–Crippen LogP) is 3.23. The van der Waals surface area contributed by atoms with E-state index in [2.05, 4.69) is 15.1 Å². The Kier molecular flexibility index (Phi) is 5.05. The number of ketones is 1. The van der Waals surface area contributed by atoms with E-state index in [1.165, 1.54) is 13.1 Å². The average molecular weight is 445 g/mol. The van der Waals surface area contributed by atoms with E-state index in [1.54, 1.807) is 36.4 Å². The number of rotatable bonds is 6. The van der Waals surface area contributed by atoms with Gasteiger partial charge in [0.05, 0.1) is 23.2 Å². The van der Waals surface area contributed by atoms with Crippen molar-refractivity contribution in [1.29, 1.82) is 0 Å². The van der Waals surface area contributed by atoms with Gasteiger partial charge in [0.15, 0.2) is 5.82 Å². The second-order valence-electron chi connectivity index (χ2n) is 6.84. The van der Waals surface area contributed by atoms with Crippen LogP contribution in [0.15, 0.2) is 43.0 Å². The summed E-state index contributed by atoms with van der Waals surface area (Å²) in [5.74, 6) is -3.64. The maximum atomic E-state index is 15.0. The van der Waals surface area contributed by atoms with Crippen LogP contribution in [0.3, 0.4) is 0 Å². The van der Waals surface area contributed by atoms with Gasteiger partial charge in [-0.1, -0.05) is 0 Å². The molecule has 4 rings (SSSR count). The molecule has 0 atom stereocenters. The van der Waals surface area contributed by atoms with Gasteiger partial charge in [0.2, 0.25) is 15.8 Å². The van der Waals surface area contributed by atoms with Crippen molar-refractivity contribution in [1.82, 2.24) is 19.7 Å². The number of hydrogen-bond donors (Lipinski definition) is 2. The number of sulfonamides is 1. The number of nitrogens with zero attached hydrogens (tertiary/aromatic N) is 3. The van der Waals surface area contributed by atoms with E-state index >= 15 is 0 Å². The summed E-state index contributed by atoms with van der Waals surface area (Å²) in [4.78, 5) is 20.2. The lowest BCUT2D eigenvalue weighted by molar-refractivity contribution is 0.103. The molecule has 0 fully saturated rings. The van der Waals surface area contributed by atoms with Gasteiger partial charge in [-0.3, -0.25) is 14.2 Å². The fourth-order valence-electron chi connectivity index (χ4n) is 3.13. The molecule has 1 aromatic carbocycles. The summed E-state index contributed by atoms with van der Waals surface area (Å²) >= 11 is 0. The zero-order valence-corrected chi connectivity index (χ0v) is 17.3. The van der Waals surface area contributed by atoms with E-state index < -0.39 is 38.7 Å². The molecule has 3 aromatic heterocycles. The summed E-state index contributed by atoms with van der Waals surface area (Å²) in [6.45, 7) is 1.37. The zero-order chi connectivity index (χ0) is 22.3. The number of benzene rings is 1. The standard InChI is InChI=1S/C20H17F2N5O3S/c1-3-31(29,30)26-16-5-4-15(21)17(18(16)22)19(28)14-9-24-20-13(14)6-11(7-23-20)12-8-25-27(2)10-12/h4-10,26H,3H2,1-2H3,(H,23,24). The van der Waals surface area contributed by atoms with Gasteiger partial charge in [0.25, 0.3) is 0 Å². The van der Waals surface area contributed by atoms with Crippen molar-refractivity contribution < 1.29 is 22.0 Å². The number of H-pyrrole nitrogens is 1. The molecule has 0 saturated heterocycles. The molecule has 0 amide bonds. The molecule has 0 radical (unpaired) electrons. The minimum Gasteiger partial charge on any atom is -0.345 e. The molecule has 31 heavy (non-hydrogen) atoms. The van der Waals surface area contributed by atoms with Crippen molar-refractivity contribution in [2.24, 2.45) is 7.05 Å². The molecule has 11 heteroatoms. The Morgan fingerprint density at radius 1 is 1.23 bits per heavy atom. The molecule has 2 N–H and O–H groups in total. The highest BCUT2D eigenvalue weighted by atomic mass is 32.2. The van der Waals surface area contributed by atoms with Crippen LogP contribution in [0.25, 0.3) is 22.2 Å². The van der Waals surface area contributed by atoms with Crippen molar-refractivity contribution in [2.45, 2.75) is 6.92 Å². The summed E-state index contributed by atoms with van der Waals surface area (Å²) in [5, 5.41) is 4.46. The highest BCUT2D eigenvalue weighted by Gasteiger charge is 2.25. The molecular weight excluding hydrogens is 428 g/mol. The predicted molar refractivity (Wildman–Crippen MR) is 111 cm³/mol. The molecule has 0 unspecified atom stereocenters. The zero-order valence-electron chi connectivity index (χ0n) is 16.5. The molecular formula is C20H17F2N5O3S. The van der Waals surface area contributed by atoms with E-state index in [1.807, 2.05) is 4.72 Å². The monoisotopic (exact) mass is 445 g/mol. The largest absolute Gasteiger partial charge is 0.345 e. The first-order valence-corrected chi connectivity index (χ1v) is 10.8. The quantitative estimate of drug-likeness (QED) is 0.443. The van der Waals surface area contributed by atoms with Crippen molar-refractivity contribution in [3.05, 3.63) is 65.7 Å². The molecule has 8 nitrogen and oxygen atoms in total. The first-order chi connectivity index (χ1) is 14.7. The van der Waals surface area contributed by atoms with Crippen LogP contribution in [0.2, 0.25) is 0 Å². The summed E-state index contributed by atoms with van der Waals surface area (Å²) in [5.41, 5.74) is 0.426. The van der Waals surface area contributed by atoms with Crippen molar-refractivity contribution in [2.75, 3.05) is 10.5 Å². The normalized spacial score (nSPS) is 11.7. The first kappa shape index (κ1) is 20.7.